The standard InChI is InChI=1S/C14H21NO2S/c1-3-9-18-10-8-13(14(16)17)15-12-7-5-4-6-11(12)2/h4-7,13,15H,3,8-10H2,1-2H3,(H,16,17)/t13-/m0/s1. The van der Waals surface area contributed by atoms with E-state index in [0.717, 1.165) is 29.2 Å². The zero-order valence-electron chi connectivity index (χ0n) is 11.0. The van der Waals surface area contributed by atoms with Gasteiger partial charge in [0.05, 0.1) is 0 Å². The van der Waals surface area contributed by atoms with Gasteiger partial charge >= 0.3 is 5.97 Å². The van der Waals surface area contributed by atoms with Crippen LogP contribution in [0.3, 0.4) is 0 Å². The van der Waals surface area contributed by atoms with Crippen LogP contribution < -0.4 is 5.32 Å². The fourth-order valence-electron chi connectivity index (χ4n) is 1.63. The Morgan fingerprint density at radius 1 is 1.39 bits per heavy atom. The zero-order chi connectivity index (χ0) is 13.4. The normalized spacial score (nSPS) is 12.1. The van der Waals surface area contributed by atoms with E-state index in [1.54, 1.807) is 0 Å². The smallest absolute Gasteiger partial charge is 0.326 e. The Hall–Kier alpha value is -1.16. The fourth-order valence-corrected chi connectivity index (χ4v) is 2.52. The van der Waals surface area contributed by atoms with E-state index in [1.807, 2.05) is 43.0 Å². The lowest BCUT2D eigenvalue weighted by atomic mass is 10.1. The minimum atomic E-state index is -0.782. The number of anilines is 1. The number of carboxylic acids is 1. The zero-order valence-corrected chi connectivity index (χ0v) is 11.8. The third-order valence-electron chi connectivity index (χ3n) is 2.67. The van der Waals surface area contributed by atoms with Crippen molar-refractivity contribution in [3.05, 3.63) is 29.8 Å². The van der Waals surface area contributed by atoms with E-state index in [4.69, 9.17) is 0 Å². The Bertz CT molecular complexity index is 382. The van der Waals surface area contributed by atoms with Crippen LogP contribution >= 0.6 is 11.8 Å². The van der Waals surface area contributed by atoms with Crippen LogP contribution in [0, 0.1) is 6.92 Å². The van der Waals surface area contributed by atoms with Gasteiger partial charge in [-0.1, -0.05) is 25.1 Å². The maximum atomic E-state index is 11.2. The van der Waals surface area contributed by atoms with Crippen molar-refractivity contribution in [2.75, 3.05) is 16.8 Å². The molecule has 0 heterocycles. The molecule has 0 spiro atoms. The van der Waals surface area contributed by atoms with Crippen LogP contribution in [0.4, 0.5) is 5.69 Å². The fraction of sp³-hybridized carbons (Fsp3) is 0.500. The summed E-state index contributed by atoms with van der Waals surface area (Å²) in [5.41, 5.74) is 1.98. The maximum absolute atomic E-state index is 11.2. The van der Waals surface area contributed by atoms with E-state index in [9.17, 15) is 9.90 Å². The Balaban J connectivity index is 2.53. The molecule has 18 heavy (non-hydrogen) atoms. The summed E-state index contributed by atoms with van der Waals surface area (Å²) in [6.45, 7) is 4.11. The molecule has 0 aromatic heterocycles. The molecule has 0 aliphatic heterocycles. The average Bonchev–Trinajstić information content (AvgIpc) is 2.35. The number of para-hydroxylation sites is 1. The van der Waals surface area contributed by atoms with Gasteiger partial charge in [0.1, 0.15) is 6.04 Å². The number of carbonyl (C=O) groups is 1. The lowest BCUT2D eigenvalue weighted by Crippen LogP contribution is -2.30. The molecule has 1 rings (SSSR count). The number of aryl methyl sites for hydroxylation is 1. The van der Waals surface area contributed by atoms with Gasteiger partial charge < -0.3 is 10.4 Å². The number of rotatable bonds is 8. The van der Waals surface area contributed by atoms with Crippen molar-refractivity contribution in [1.29, 1.82) is 0 Å². The highest BCUT2D eigenvalue weighted by Crippen LogP contribution is 2.16. The Labute approximate surface area is 113 Å². The van der Waals surface area contributed by atoms with E-state index in [2.05, 4.69) is 12.2 Å². The van der Waals surface area contributed by atoms with Crippen molar-refractivity contribution in [3.8, 4) is 0 Å². The first-order valence-electron chi connectivity index (χ1n) is 6.28. The van der Waals surface area contributed by atoms with E-state index in [0.29, 0.717) is 6.42 Å². The molecule has 1 aromatic carbocycles. The summed E-state index contributed by atoms with van der Waals surface area (Å²) < 4.78 is 0. The molecular weight excluding hydrogens is 246 g/mol. The van der Waals surface area contributed by atoms with Crippen molar-refractivity contribution in [1.82, 2.24) is 0 Å². The first-order valence-corrected chi connectivity index (χ1v) is 7.43. The number of carboxylic acid groups (broad SMARTS) is 1. The van der Waals surface area contributed by atoms with Crippen LogP contribution in [-0.4, -0.2) is 28.6 Å². The third-order valence-corrected chi connectivity index (χ3v) is 3.89. The second-order valence-electron chi connectivity index (χ2n) is 4.25. The highest BCUT2D eigenvalue weighted by Gasteiger charge is 2.17. The summed E-state index contributed by atoms with van der Waals surface area (Å²) in [5.74, 6) is 1.19. The highest BCUT2D eigenvalue weighted by molar-refractivity contribution is 7.99. The summed E-state index contributed by atoms with van der Waals surface area (Å²) in [6.07, 6.45) is 1.78. The second kappa shape index (κ2) is 8.03. The number of nitrogens with one attached hydrogen (secondary N) is 1. The Morgan fingerprint density at radius 3 is 2.72 bits per heavy atom. The molecule has 2 N–H and O–H groups in total. The minimum Gasteiger partial charge on any atom is -0.480 e. The molecule has 0 saturated carbocycles. The second-order valence-corrected chi connectivity index (χ2v) is 5.48. The predicted molar refractivity (Wildman–Crippen MR) is 78.5 cm³/mol. The van der Waals surface area contributed by atoms with E-state index in [-0.39, 0.29) is 0 Å². The van der Waals surface area contributed by atoms with Gasteiger partial charge in [0, 0.05) is 5.69 Å². The summed E-state index contributed by atoms with van der Waals surface area (Å²) in [4.78, 5) is 11.2. The van der Waals surface area contributed by atoms with Crippen LogP contribution in [-0.2, 0) is 4.79 Å². The molecule has 0 bridgehead atoms. The van der Waals surface area contributed by atoms with Gasteiger partial charge in [0.2, 0.25) is 0 Å². The minimum absolute atomic E-state index is 0.504. The Morgan fingerprint density at radius 2 is 2.11 bits per heavy atom. The van der Waals surface area contributed by atoms with Crippen molar-refractivity contribution < 1.29 is 9.90 Å². The maximum Gasteiger partial charge on any atom is 0.326 e. The number of aliphatic carboxylic acids is 1. The molecule has 1 atom stereocenters. The van der Waals surface area contributed by atoms with E-state index < -0.39 is 12.0 Å². The summed E-state index contributed by atoms with van der Waals surface area (Å²) in [7, 11) is 0. The lowest BCUT2D eigenvalue weighted by molar-refractivity contribution is -0.137. The van der Waals surface area contributed by atoms with Gasteiger partial charge in [-0.3, -0.25) is 0 Å². The van der Waals surface area contributed by atoms with Crippen LogP contribution in [0.25, 0.3) is 0 Å². The first kappa shape index (κ1) is 14.9. The molecule has 4 heteroatoms. The van der Waals surface area contributed by atoms with E-state index in [1.165, 1.54) is 0 Å². The van der Waals surface area contributed by atoms with Crippen molar-refractivity contribution >= 4 is 23.4 Å². The molecule has 0 fully saturated rings. The SMILES string of the molecule is CCCSCC[C@H](Nc1ccccc1C)C(=O)O. The van der Waals surface area contributed by atoms with Gasteiger partial charge in [-0.25, -0.2) is 4.79 Å². The van der Waals surface area contributed by atoms with Gasteiger partial charge in [-0.15, -0.1) is 0 Å². The van der Waals surface area contributed by atoms with Gasteiger partial charge in [0.15, 0.2) is 0 Å². The van der Waals surface area contributed by atoms with Gasteiger partial charge in [0.25, 0.3) is 0 Å². The number of hydrogen-bond acceptors (Lipinski definition) is 3. The molecule has 0 aliphatic rings. The molecule has 3 nitrogen and oxygen atoms in total. The number of hydrogen-bond donors (Lipinski definition) is 2. The average molecular weight is 267 g/mol. The Kier molecular flexibility index (Phi) is 6.65. The summed E-state index contributed by atoms with van der Waals surface area (Å²) >= 11 is 1.81. The van der Waals surface area contributed by atoms with Crippen molar-refractivity contribution in [2.24, 2.45) is 0 Å². The molecular formula is C14H21NO2S. The van der Waals surface area contributed by atoms with E-state index >= 15 is 0 Å². The van der Waals surface area contributed by atoms with Gasteiger partial charge in [-0.2, -0.15) is 11.8 Å². The van der Waals surface area contributed by atoms with Gasteiger partial charge in [-0.05, 0) is 42.9 Å². The van der Waals surface area contributed by atoms with Crippen molar-refractivity contribution in [3.63, 3.8) is 0 Å². The lowest BCUT2D eigenvalue weighted by Gasteiger charge is -2.17. The molecule has 0 unspecified atom stereocenters. The van der Waals surface area contributed by atoms with Crippen LogP contribution in [0.5, 0.6) is 0 Å². The highest BCUT2D eigenvalue weighted by atomic mass is 32.2. The monoisotopic (exact) mass is 267 g/mol. The summed E-state index contributed by atoms with van der Waals surface area (Å²) in [6, 6.07) is 7.26. The number of benzene rings is 1. The van der Waals surface area contributed by atoms with Crippen LogP contribution in [0.15, 0.2) is 24.3 Å². The number of thioether (sulfide) groups is 1. The predicted octanol–water partition coefficient (Wildman–Crippen LogP) is 3.39. The largest absolute Gasteiger partial charge is 0.480 e. The quantitative estimate of drug-likeness (QED) is 0.709. The third kappa shape index (κ3) is 5.00. The van der Waals surface area contributed by atoms with Crippen LogP contribution in [0.2, 0.25) is 0 Å². The first-order chi connectivity index (χ1) is 8.65. The van der Waals surface area contributed by atoms with Crippen LogP contribution in [0.1, 0.15) is 25.3 Å². The molecule has 0 radical (unpaired) electrons. The molecule has 0 saturated heterocycles. The topological polar surface area (TPSA) is 49.3 Å². The van der Waals surface area contributed by atoms with Crippen molar-refractivity contribution in [2.45, 2.75) is 32.7 Å². The summed E-state index contributed by atoms with van der Waals surface area (Å²) in [5, 5.41) is 12.3. The molecule has 100 valence electrons. The molecule has 1 aromatic rings. The molecule has 0 amide bonds. The molecule has 0 aliphatic carbocycles.